The summed E-state index contributed by atoms with van der Waals surface area (Å²) in [6, 6.07) is 0. The van der Waals surface area contributed by atoms with E-state index >= 15 is 0 Å². The molecule has 0 radical (unpaired) electrons. The molecular weight excluding hydrogens is 183 g/mol. The van der Waals surface area contributed by atoms with Gasteiger partial charge in [-0.05, 0) is 17.3 Å². The Morgan fingerprint density at radius 2 is 1.50 bits per heavy atom. The molecule has 0 rings (SSSR count). The van der Waals surface area contributed by atoms with Crippen LogP contribution >= 0.6 is 10.0 Å². The number of carbonyl (C=O) groups is 1. The summed E-state index contributed by atoms with van der Waals surface area (Å²) in [5.74, 6) is 2.91. The van der Waals surface area contributed by atoms with Gasteiger partial charge in [0.05, 0.1) is 5.75 Å². The summed E-state index contributed by atoms with van der Waals surface area (Å²) < 4.78 is 0. The van der Waals surface area contributed by atoms with Crippen molar-refractivity contribution in [1.29, 1.82) is 0 Å². The SMILES string of the molecule is CCS(CC)(CC)CC(=O)O.[NaH]. The van der Waals surface area contributed by atoms with Crippen LogP contribution in [0.25, 0.3) is 0 Å². The molecule has 0 aliphatic heterocycles. The standard InChI is InChI=1S/C8H18O2S.Na.H/c1-4-11(5-2,6-3)7-8(9)10;;/h4-7H2,1-3H3,(H,9,10);;. The number of carboxylic acid groups (broad SMARTS) is 1. The van der Waals surface area contributed by atoms with Gasteiger partial charge < -0.3 is 5.11 Å². The predicted octanol–water partition coefficient (Wildman–Crippen LogP) is 1.29. The van der Waals surface area contributed by atoms with E-state index in [4.69, 9.17) is 5.11 Å². The van der Waals surface area contributed by atoms with Gasteiger partial charge in [0.2, 0.25) is 0 Å². The van der Waals surface area contributed by atoms with Crippen molar-refractivity contribution < 1.29 is 9.90 Å². The van der Waals surface area contributed by atoms with Gasteiger partial charge in [0.25, 0.3) is 0 Å². The zero-order valence-corrected chi connectivity index (χ0v) is 8.41. The van der Waals surface area contributed by atoms with Gasteiger partial charge in [0.1, 0.15) is 0 Å². The van der Waals surface area contributed by atoms with E-state index in [-0.39, 0.29) is 29.6 Å². The molecule has 4 heteroatoms. The summed E-state index contributed by atoms with van der Waals surface area (Å²) in [7, 11) is -0.809. The number of hydrogen-bond donors (Lipinski definition) is 1. The first-order chi connectivity index (χ1) is 5.10. The van der Waals surface area contributed by atoms with Crippen molar-refractivity contribution in [3.8, 4) is 0 Å². The van der Waals surface area contributed by atoms with Crippen LogP contribution in [-0.4, -0.2) is 63.6 Å². The van der Waals surface area contributed by atoms with Crippen LogP contribution in [0, 0.1) is 0 Å². The van der Waals surface area contributed by atoms with E-state index in [0.29, 0.717) is 5.75 Å². The normalized spacial score (nSPS) is 11.9. The fourth-order valence-electron chi connectivity index (χ4n) is 1.18. The Kier molecular flexibility index (Phi) is 9.24. The van der Waals surface area contributed by atoms with Crippen LogP contribution in [0.5, 0.6) is 0 Å². The molecule has 0 unspecified atom stereocenters. The minimum absolute atomic E-state index is 0. The van der Waals surface area contributed by atoms with Crippen molar-refractivity contribution in [2.45, 2.75) is 20.8 Å². The third kappa shape index (κ3) is 4.75. The molecule has 12 heavy (non-hydrogen) atoms. The quantitative estimate of drug-likeness (QED) is 0.682. The van der Waals surface area contributed by atoms with Crippen molar-refractivity contribution in [3.05, 3.63) is 0 Å². The number of rotatable bonds is 5. The summed E-state index contributed by atoms with van der Waals surface area (Å²) in [5, 5.41) is 8.66. The second-order valence-electron chi connectivity index (χ2n) is 2.63. The summed E-state index contributed by atoms with van der Waals surface area (Å²) in [4.78, 5) is 10.5. The molecule has 1 N–H and O–H groups in total. The summed E-state index contributed by atoms with van der Waals surface area (Å²) >= 11 is 0. The average molecular weight is 202 g/mol. The molecule has 0 fully saturated rings. The molecule has 0 spiro atoms. The van der Waals surface area contributed by atoms with Crippen LogP contribution in [0.4, 0.5) is 0 Å². The van der Waals surface area contributed by atoms with Crippen molar-refractivity contribution in [2.24, 2.45) is 0 Å². The molecule has 0 bridgehead atoms. The first kappa shape index (κ1) is 15.3. The zero-order chi connectivity index (χ0) is 8.91. The molecule has 0 heterocycles. The Labute approximate surface area is 98.7 Å². The number of hydrogen-bond acceptors (Lipinski definition) is 1. The van der Waals surface area contributed by atoms with E-state index in [1.165, 1.54) is 0 Å². The predicted molar refractivity (Wildman–Crippen MR) is 58.9 cm³/mol. The molecule has 0 aromatic rings. The number of aliphatic carboxylic acids is 1. The van der Waals surface area contributed by atoms with Crippen LogP contribution in [0.3, 0.4) is 0 Å². The second-order valence-corrected chi connectivity index (χ2v) is 7.10. The van der Waals surface area contributed by atoms with Gasteiger partial charge in [-0.2, -0.15) is 0 Å². The minimum atomic E-state index is -0.809. The fourth-order valence-corrected chi connectivity index (χ4v) is 3.54. The van der Waals surface area contributed by atoms with Gasteiger partial charge in [0, 0.05) is 0 Å². The molecule has 0 amide bonds. The molecule has 0 aromatic carbocycles. The molecule has 0 aromatic heterocycles. The monoisotopic (exact) mass is 202 g/mol. The summed E-state index contributed by atoms with van der Waals surface area (Å²) in [6.07, 6.45) is 0. The molecular formula is C8H19NaO2S. The third-order valence-electron chi connectivity index (χ3n) is 2.27. The molecule has 0 saturated carbocycles. The van der Waals surface area contributed by atoms with Gasteiger partial charge in [-0.25, -0.2) is 10.0 Å². The summed E-state index contributed by atoms with van der Waals surface area (Å²) in [5.41, 5.74) is 0. The summed E-state index contributed by atoms with van der Waals surface area (Å²) in [6.45, 7) is 6.31. The van der Waals surface area contributed by atoms with Gasteiger partial charge in [0.15, 0.2) is 0 Å². The van der Waals surface area contributed by atoms with E-state index in [1.54, 1.807) is 0 Å². The Morgan fingerprint density at radius 3 is 1.58 bits per heavy atom. The van der Waals surface area contributed by atoms with Crippen molar-refractivity contribution >= 4 is 45.6 Å². The maximum absolute atomic E-state index is 10.5. The molecule has 0 atom stereocenters. The Balaban J connectivity index is 0. The molecule has 0 saturated heterocycles. The number of carboxylic acids is 1. The topological polar surface area (TPSA) is 37.3 Å². The van der Waals surface area contributed by atoms with Gasteiger partial charge in [-0.15, -0.1) is 0 Å². The zero-order valence-electron chi connectivity index (χ0n) is 7.59. The van der Waals surface area contributed by atoms with Crippen LogP contribution in [-0.2, 0) is 4.79 Å². The fraction of sp³-hybridized carbons (Fsp3) is 0.875. The molecule has 2 nitrogen and oxygen atoms in total. The van der Waals surface area contributed by atoms with E-state index < -0.39 is 16.0 Å². The van der Waals surface area contributed by atoms with E-state index in [9.17, 15) is 4.79 Å². The van der Waals surface area contributed by atoms with Gasteiger partial charge >= 0.3 is 35.5 Å². The molecule has 0 aliphatic rings. The first-order valence-electron chi connectivity index (χ1n) is 4.06. The van der Waals surface area contributed by atoms with Crippen LogP contribution in [0.2, 0.25) is 0 Å². The van der Waals surface area contributed by atoms with Gasteiger partial charge in [-0.3, -0.25) is 4.79 Å². The van der Waals surface area contributed by atoms with Crippen molar-refractivity contribution in [2.75, 3.05) is 23.0 Å². The van der Waals surface area contributed by atoms with E-state index in [1.807, 2.05) is 0 Å². The Hall–Kier alpha value is 0.820. The molecule has 0 aliphatic carbocycles. The Bertz CT molecular complexity index is 127. The van der Waals surface area contributed by atoms with Crippen LogP contribution < -0.4 is 0 Å². The maximum atomic E-state index is 10.5. The van der Waals surface area contributed by atoms with Crippen molar-refractivity contribution in [3.63, 3.8) is 0 Å². The Morgan fingerprint density at radius 1 is 1.17 bits per heavy atom. The third-order valence-corrected chi connectivity index (χ3v) is 6.80. The van der Waals surface area contributed by atoms with E-state index in [2.05, 4.69) is 20.8 Å². The van der Waals surface area contributed by atoms with Crippen LogP contribution in [0.1, 0.15) is 20.8 Å². The molecule has 70 valence electrons. The van der Waals surface area contributed by atoms with E-state index in [0.717, 1.165) is 17.3 Å². The van der Waals surface area contributed by atoms with Crippen LogP contribution in [0.15, 0.2) is 0 Å². The average Bonchev–Trinajstić information content (AvgIpc) is 2.00. The second kappa shape index (κ2) is 7.25. The van der Waals surface area contributed by atoms with Crippen molar-refractivity contribution in [1.82, 2.24) is 0 Å². The first-order valence-corrected chi connectivity index (χ1v) is 6.37. The van der Waals surface area contributed by atoms with Gasteiger partial charge in [-0.1, -0.05) is 20.8 Å².